The van der Waals surface area contributed by atoms with E-state index in [1.54, 1.807) is 18.2 Å². The molecule has 0 bridgehead atoms. The van der Waals surface area contributed by atoms with Crippen LogP contribution in [0.15, 0.2) is 33.6 Å². The number of nitrogens with two attached hydrogens (primary N) is 1. The van der Waals surface area contributed by atoms with Gasteiger partial charge in [-0.3, -0.25) is 14.5 Å². The third-order valence-electron chi connectivity index (χ3n) is 4.96. The molecule has 4 rings (SSSR count). The molecule has 8 heteroatoms. The van der Waals surface area contributed by atoms with Crippen LogP contribution in [-0.2, 0) is 13.1 Å². The van der Waals surface area contributed by atoms with Crippen molar-refractivity contribution in [1.29, 1.82) is 0 Å². The summed E-state index contributed by atoms with van der Waals surface area (Å²) in [4.78, 5) is 33.4. The predicted octanol–water partition coefficient (Wildman–Crippen LogP) is 1.91. The second-order valence-corrected chi connectivity index (χ2v) is 7.13. The van der Waals surface area contributed by atoms with Gasteiger partial charge in [0.15, 0.2) is 11.3 Å². The Kier molecular flexibility index (Phi) is 4.49. The van der Waals surface area contributed by atoms with E-state index < -0.39 is 5.91 Å². The zero-order valence-electron chi connectivity index (χ0n) is 15.1. The first kappa shape index (κ1) is 17.4. The molecular weight excluding hydrogens is 346 g/mol. The van der Waals surface area contributed by atoms with E-state index in [-0.39, 0.29) is 5.43 Å². The van der Waals surface area contributed by atoms with Crippen LogP contribution in [0.25, 0.3) is 10.9 Å². The number of hydrogen-bond acceptors (Lipinski definition) is 6. The van der Waals surface area contributed by atoms with Gasteiger partial charge in [-0.1, -0.05) is 11.6 Å². The number of amides is 1. The molecule has 3 aromatic rings. The molecule has 0 spiro atoms. The van der Waals surface area contributed by atoms with Crippen molar-refractivity contribution in [3.8, 4) is 0 Å². The van der Waals surface area contributed by atoms with Gasteiger partial charge in [0.2, 0.25) is 11.8 Å². The van der Waals surface area contributed by atoms with Crippen LogP contribution in [0.2, 0.25) is 0 Å². The van der Waals surface area contributed by atoms with E-state index in [2.05, 4.69) is 15.1 Å². The van der Waals surface area contributed by atoms with E-state index in [4.69, 9.17) is 10.3 Å². The molecule has 3 N–H and O–H groups in total. The van der Waals surface area contributed by atoms with E-state index in [1.165, 1.54) is 12.5 Å². The van der Waals surface area contributed by atoms with Crippen molar-refractivity contribution in [2.75, 3.05) is 7.05 Å². The van der Waals surface area contributed by atoms with E-state index in [1.807, 2.05) is 11.9 Å². The number of carbonyl (C=O) groups excluding carboxylic acids is 1. The lowest BCUT2D eigenvalue weighted by Crippen LogP contribution is -2.20. The monoisotopic (exact) mass is 367 g/mol. The van der Waals surface area contributed by atoms with E-state index in [0.29, 0.717) is 41.3 Å². The highest BCUT2D eigenvalue weighted by atomic mass is 16.5. The van der Waals surface area contributed by atoms with Crippen molar-refractivity contribution >= 4 is 16.8 Å². The van der Waals surface area contributed by atoms with Crippen LogP contribution < -0.4 is 11.2 Å². The highest BCUT2D eigenvalue weighted by Gasteiger charge is 2.25. The topological polar surface area (TPSA) is 118 Å². The lowest BCUT2D eigenvalue weighted by atomic mass is 9.85. The quantitative estimate of drug-likeness (QED) is 0.687. The van der Waals surface area contributed by atoms with Crippen LogP contribution in [0.1, 0.15) is 52.9 Å². The van der Waals surface area contributed by atoms with E-state index in [0.717, 1.165) is 24.4 Å². The smallest absolute Gasteiger partial charge is 0.248 e. The molecule has 8 nitrogen and oxygen atoms in total. The summed E-state index contributed by atoms with van der Waals surface area (Å²) in [6.45, 7) is 1.05. The average molecular weight is 367 g/mol. The van der Waals surface area contributed by atoms with Crippen LogP contribution in [0, 0.1) is 0 Å². The fraction of sp³-hybridized carbons (Fsp3) is 0.368. The molecule has 0 atom stereocenters. The van der Waals surface area contributed by atoms with Crippen molar-refractivity contribution in [3.63, 3.8) is 0 Å². The summed E-state index contributed by atoms with van der Waals surface area (Å²) in [5.41, 5.74) is 6.88. The minimum atomic E-state index is -0.554. The number of aromatic amines is 1. The predicted molar refractivity (Wildman–Crippen MR) is 99.1 cm³/mol. The minimum Gasteiger partial charge on any atom is -0.366 e. The molecule has 1 fully saturated rings. The van der Waals surface area contributed by atoms with Gasteiger partial charge in [-0.05, 0) is 38.1 Å². The Morgan fingerprint density at radius 2 is 2.15 bits per heavy atom. The first-order valence-electron chi connectivity index (χ1n) is 8.96. The number of pyridine rings is 1. The lowest BCUT2D eigenvalue weighted by Gasteiger charge is -2.20. The Labute approximate surface area is 155 Å². The Hall–Kier alpha value is -3.00. The zero-order chi connectivity index (χ0) is 19.0. The second-order valence-electron chi connectivity index (χ2n) is 7.13. The summed E-state index contributed by atoms with van der Waals surface area (Å²) in [5, 5.41) is 4.50. The molecule has 1 aromatic carbocycles. The van der Waals surface area contributed by atoms with Crippen molar-refractivity contribution < 1.29 is 9.32 Å². The zero-order valence-corrected chi connectivity index (χ0v) is 15.1. The van der Waals surface area contributed by atoms with Gasteiger partial charge in [0.25, 0.3) is 0 Å². The molecule has 140 valence electrons. The van der Waals surface area contributed by atoms with Gasteiger partial charge in [0.05, 0.1) is 6.54 Å². The van der Waals surface area contributed by atoms with E-state index >= 15 is 0 Å². The molecule has 2 aromatic heterocycles. The number of fused-ring (bicyclic) bond motifs is 1. The Balaban J connectivity index is 1.48. The van der Waals surface area contributed by atoms with Crippen LogP contribution in [0.3, 0.4) is 0 Å². The summed E-state index contributed by atoms with van der Waals surface area (Å²) < 4.78 is 5.34. The van der Waals surface area contributed by atoms with Crippen molar-refractivity contribution in [3.05, 3.63) is 57.5 Å². The molecule has 0 unspecified atom stereocenters. The third-order valence-corrected chi connectivity index (χ3v) is 4.96. The van der Waals surface area contributed by atoms with Crippen LogP contribution in [0.4, 0.5) is 0 Å². The van der Waals surface area contributed by atoms with Crippen LogP contribution >= 0.6 is 0 Å². The van der Waals surface area contributed by atoms with Crippen molar-refractivity contribution in [2.45, 2.75) is 38.3 Å². The summed E-state index contributed by atoms with van der Waals surface area (Å²) >= 11 is 0. The first-order valence-corrected chi connectivity index (χ1v) is 8.96. The number of hydrogen-bond donors (Lipinski definition) is 2. The second kappa shape index (κ2) is 6.96. The van der Waals surface area contributed by atoms with Gasteiger partial charge in [-0.15, -0.1) is 0 Å². The first-order chi connectivity index (χ1) is 13.0. The maximum atomic E-state index is 12.4. The minimum absolute atomic E-state index is 0.151. The van der Waals surface area contributed by atoms with Crippen molar-refractivity contribution in [2.24, 2.45) is 5.73 Å². The summed E-state index contributed by atoms with van der Waals surface area (Å²) in [6, 6.07) is 6.37. The highest BCUT2D eigenvalue weighted by molar-refractivity contribution is 5.96. The Morgan fingerprint density at radius 3 is 2.85 bits per heavy atom. The number of H-pyrrole nitrogens is 1. The number of nitrogens with one attached hydrogen (secondary N) is 1. The molecule has 0 radical (unpaired) electrons. The molecule has 27 heavy (non-hydrogen) atoms. The standard InChI is InChI=1S/C19H21N5O3/c1-24(10-17-22-19(27-23-17)11-3-2-4-11)9-13-8-16(25)14-7-12(18(20)26)5-6-15(14)21-13/h5-8,11H,2-4,9-10H2,1H3,(H2,20,26)(H,21,25). The molecule has 2 heterocycles. The average Bonchev–Trinajstić information content (AvgIpc) is 3.00. The molecular formula is C19H21N5O3. The van der Waals surface area contributed by atoms with Gasteiger partial charge in [0, 0.05) is 40.7 Å². The Bertz CT molecular complexity index is 1050. The number of aromatic nitrogens is 3. The van der Waals surface area contributed by atoms with Crippen LogP contribution in [0.5, 0.6) is 0 Å². The fourth-order valence-corrected chi connectivity index (χ4v) is 3.28. The molecule has 1 saturated carbocycles. The molecule has 0 aliphatic heterocycles. The Morgan fingerprint density at radius 1 is 1.33 bits per heavy atom. The number of primary amides is 1. The number of benzene rings is 1. The number of nitrogens with zero attached hydrogens (tertiary/aromatic N) is 3. The molecule has 1 aliphatic carbocycles. The molecule has 0 saturated heterocycles. The largest absolute Gasteiger partial charge is 0.366 e. The SMILES string of the molecule is CN(Cc1noc(C2CCC2)n1)Cc1cc(=O)c2cc(C(N)=O)ccc2[nH]1. The highest BCUT2D eigenvalue weighted by Crippen LogP contribution is 2.35. The number of carbonyl (C=O) groups is 1. The normalized spacial score (nSPS) is 14.6. The maximum absolute atomic E-state index is 12.4. The number of rotatable bonds is 6. The van der Waals surface area contributed by atoms with Crippen LogP contribution in [-0.4, -0.2) is 33.0 Å². The van der Waals surface area contributed by atoms with Gasteiger partial charge in [-0.2, -0.15) is 4.98 Å². The summed E-state index contributed by atoms with van der Waals surface area (Å²) in [7, 11) is 1.93. The van der Waals surface area contributed by atoms with Gasteiger partial charge >= 0.3 is 0 Å². The lowest BCUT2D eigenvalue weighted by molar-refractivity contribution is 0.100. The summed E-state index contributed by atoms with van der Waals surface area (Å²) in [5.74, 6) is 1.24. The van der Waals surface area contributed by atoms with Crippen molar-refractivity contribution in [1.82, 2.24) is 20.0 Å². The molecule has 1 aliphatic rings. The summed E-state index contributed by atoms with van der Waals surface area (Å²) in [6.07, 6.45) is 3.46. The maximum Gasteiger partial charge on any atom is 0.248 e. The van der Waals surface area contributed by atoms with Gasteiger partial charge in [0.1, 0.15) is 0 Å². The van der Waals surface area contributed by atoms with Gasteiger partial charge < -0.3 is 15.2 Å². The third kappa shape index (κ3) is 3.61. The molecule has 1 amide bonds. The van der Waals surface area contributed by atoms with Gasteiger partial charge in [-0.25, -0.2) is 0 Å². The van der Waals surface area contributed by atoms with E-state index in [9.17, 15) is 9.59 Å². The fourth-order valence-electron chi connectivity index (χ4n) is 3.28.